The fourth-order valence-electron chi connectivity index (χ4n) is 3.50. The molecule has 1 saturated carbocycles. The molecule has 0 saturated heterocycles. The maximum atomic E-state index is 11.5. The number of aliphatic carboxylic acids is 1. The highest BCUT2D eigenvalue weighted by atomic mass is 32.1. The van der Waals surface area contributed by atoms with Crippen LogP contribution >= 0.6 is 11.3 Å². The summed E-state index contributed by atoms with van der Waals surface area (Å²) in [7, 11) is 0. The highest BCUT2D eigenvalue weighted by Crippen LogP contribution is 2.40. The molecule has 1 N–H and O–H groups in total. The lowest BCUT2D eigenvalue weighted by Crippen LogP contribution is -2.26. The second-order valence-corrected chi connectivity index (χ2v) is 8.63. The first-order chi connectivity index (χ1) is 14.6. The molecule has 7 heteroatoms. The number of benzene rings is 1. The van der Waals surface area contributed by atoms with Gasteiger partial charge in [-0.05, 0) is 49.3 Å². The average Bonchev–Trinajstić information content (AvgIpc) is 3.34. The molecule has 1 atom stereocenters. The van der Waals surface area contributed by atoms with E-state index in [1.165, 1.54) is 12.8 Å². The number of carboxylic acid groups (broad SMARTS) is 1. The third-order valence-electron chi connectivity index (χ3n) is 5.29. The zero-order chi connectivity index (χ0) is 21.1. The Labute approximate surface area is 179 Å². The first-order valence-electron chi connectivity index (χ1n) is 10.5. The van der Waals surface area contributed by atoms with E-state index in [1.54, 1.807) is 11.3 Å². The van der Waals surface area contributed by atoms with Gasteiger partial charge in [-0.2, -0.15) is 0 Å². The number of aryl methyl sites for hydroxylation is 1. The topological polar surface area (TPSA) is 81.8 Å². The minimum Gasteiger partial charge on any atom is -0.493 e. The number of oxazole rings is 1. The van der Waals surface area contributed by atoms with Crippen molar-refractivity contribution < 1.29 is 23.8 Å². The van der Waals surface area contributed by atoms with Crippen molar-refractivity contribution >= 4 is 27.4 Å². The molecule has 0 aliphatic heterocycles. The first kappa shape index (κ1) is 20.9. The van der Waals surface area contributed by atoms with Crippen LogP contribution in [0.25, 0.3) is 10.1 Å². The lowest BCUT2D eigenvalue weighted by Gasteiger charge is -2.15. The molecule has 1 aromatic carbocycles. The van der Waals surface area contributed by atoms with Crippen LogP contribution in [0.5, 0.6) is 5.75 Å². The van der Waals surface area contributed by atoms with E-state index in [0.717, 1.165) is 45.2 Å². The van der Waals surface area contributed by atoms with Crippen molar-refractivity contribution in [2.24, 2.45) is 0 Å². The van der Waals surface area contributed by atoms with Gasteiger partial charge in [-0.15, -0.1) is 11.3 Å². The van der Waals surface area contributed by atoms with Gasteiger partial charge in [0.2, 0.25) is 0 Å². The number of nitrogens with zero attached hydrogens (tertiary/aromatic N) is 1. The second-order valence-electron chi connectivity index (χ2n) is 7.72. The summed E-state index contributed by atoms with van der Waals surface area (Å²) in [6, 6.07) is 5.90. The van der Waals surface area contributed by atoms with E-state index < -0.39 is 12.1 Å². The summed E-state index contributed by atoms with van der Waals surface area (Å²) in [6.45, 7) is 4.88. The van der Waals surface area contributed by atoms with E-state index in [-0.39, 0.29) is 0 Å². The molecule has 1 fully saturated rings. The number of carboxylic acids is 1. The number of ether oxygens (including phenoxy) is 2. The summed E-state index contributed by atoms with van der Waals surface area (Å²) in [5, 5.41) is 12.5. The number of carbonyl (C=O) groups is 1. The Morgan fingerprint density at radius 1 is 1.33 bits per heavy atom. The molecule has 1 unspecified atom stereocenters. The molecule has 0 radical (unpaired) electrons. The molecule has 0 spiro atoms. The summed E-state index contributed by atoms with van der Waals surface area (Å²) in [5.41, 5.74) is 1.93. The van der Waals surface area contributed by atoms with Crippen LogP contribution in [0.15, 0.2) is 28.0 Å². The molecule has 4 rings (SSSR count). The zero-order valence-corrected chi connectivity index (χ0v) is 18.2. The molecule has 2 aromatic heterocycles. The standard InChI is InChI=1S/C23H27NO5S/c1-3-10-27-20(23(25)26)13-16-6-7-19(17-9-12-30-21(16)17)28-11-8-18-14(2)29-22(24-18)15-4-5-15/h6-7,9,12,15,20H,3-5,8,10-11,13H2,1-2H3,(H,25,26). The molecule has 30 heavy (non-hydrogen) atoms. The zero-order valence-electron chi connectivity index (χ0n) is 17.3. The molecule has 1 aliphatic carbocycles. The van der Waals surface area contributed by atoms with Gasteiger partial charge in [-0.1, -0.05) is 13.0 Å². The normalized spacial score (nSPS) is 14.9. The molecule has 6 nitrogen and oxygen atoms in total. The first-order valence-corrected chi connectivity index (χ1v) is 11.4. The van der Waals surface area contributed by atoms with Gasteiger partial charge in [0.25, 0.3) is 0 Å². The van der Waals surface area contributed by atoms with Gasteiger partial charge < -0.3 is 19.0 Å². The van der Waals surface area contributed by atoms with Crippen molar-refractivity contribution in [3.63, 3.8) is 0 Å². The lowest BCUT2D eigenvalue weighted by atomic mass is 10.1. The largest absolute Gasteiger partial charge is 0.493 e. The summed E-state index contributed by atoms with van der Waals surface area (Å²) in [4.78, 5) is 16.2. The van der Waals surface area contributed by atoms with E-state index >= 15 is 0 Å². The van der Waals surface area contributed by atoms with Crippen LogP contribution in [0.3, 0.4) is 0 Å². The quantitative estimate of drug-likeness (QED) is 0.456. The lowest BCUT2D eigenvalue weighted by molar-refractivity contribution is -0.150. The SMILES string of the molecule is CCCOC(Cc1ccc(OCCc2nc(C3CC3)oc2C)c2ccsc12)C(=O)O. The Bertz CT molecular complexity index is 1020. The molecule has 0 bridgehead atoms. The number of aromatic nitrogens is 1. The smallest absolute Gasteiger partial charge is 0.333 e. The van der Waals surface area contributed by atoms with Gasteiger partial charge in [-0.3, -0.25) is 0 Å². The molecule has 3 aromatic rings. The van der Waals surface area contributed by atoms with Crippen LogP contribution < -0.4 is 4.74 Å². The number of thiophene rings is 1. The average molecular weight is 430 g/mol. The monoisotopic (exact) mass is 429 g/mol. The minimum absolute atomic E-state index is 0.342. The van der Waals surface area contributed by atoms with Crippen molar-refractivity contribution in [2.45, 2.75) is 58.0 Å². The van der Waals surface area contributed by atoms with Crippen LogP contribution in [0.2, 0.25) is 0 Å². The van der Waals surface area contributed by atoms with Crippen LogP contribution in [0.4, 0.5) is 0 Å². The predicted molar refractivity (Wildman–Crippen MR) is 116 cm³/mol. The van der Waals surface area contributed by atoms with Gasteiger partial charge in [0.15, 0.2) is 12.0 Å². The van der Waals surface area contributed by atoms with Crippen molar-refractivity contribution in [2.75, 3.05) is 13.2 Å². The number of fused-ring (bicyclic) bond motifs is 1. The number of hydrogen-bond acceptors (Lipinski definition) is 6. The second kappa shape index (κ2) is 9.18. The molecule has 160 valence electrons. The fourth-order valence-corrected chi connectivity index (χ4v) is 4.44. The van der Waals surface area contributed by atoms with Crippen molar-refractivity contribution in [3.8, 4) is 5.75 Å². The summed E-state index contributed by atoms with van der Waals surface area (Å²) < 4.78 is 18.4. The Balaban J connectivity index is 1.43. The maximum absolute atomic E-state index is 11.5. The van der Waals surface area contributed by atoms with Gasteiger partial charge in [-0.25, -0.2) is 9.78 Å². The Kier molecular flexibility index (Phi) is 6.39. The Morgan fingerprint density at radius 3 is 2.90 bits per heavy atom. The van der Waals surface area contributed by atoms with Crippen molar-refractivity contribution in [1.82, 2.24) is 4.98 Å². The third kappa shape index (κ3) is 4.68. The molecule has 2 heterocycles. The van der Waals surface area contributed by atoms with E-state index in [1.807, 2.05) is 37.4 Å². The van der Waals surface area contributed by atoms with Crippen molar-refractivity contribution in [1.29, 1.82) is 0 Å². The van der Waals surface area contributed by atoms with Gasteiger partial charge in [0.1, 0.15) is 11.5 Å². The predicted octanol–water partition coefficient (Wildman–Crippen LogP) is 5.12. The van der Waals surface area contributed by atoms with Crippen LogP contribution in [-0.4, -0.2) is 35.4 Å². The Hall–Kier alpha value is -2.38. The number of rotatable bonds is 11. The fraction of sp³-hybridized carbons (Fsp3) is 0.478. The van der Waals surface area contributed by atoms with Crippen LogP contribution in [0.1, 0.15) is 55.0 Å². The highest BCUT2D eigenvalue weighted by Gasteiger charge is 2.29. The summed E-state index contributed by atoms with van der Waals surface area (Å²) >= 11 is 1.60. The Morgan fingerprint density at radius 2 is 2.17 bits per heavy atom. The summed E-state index contributed by atoms with van der Waals surface area (Å²) in [5.74, 6) is 2.13. The minimum atomic E-state index is -0.929. The van der Waals surface area contributed by atoms with Gasteiger partial charge in [0, 0.05) is 35.5 Å². The molecular weight excluding hydrogens is 402 g/mol. The van der Waals surface area contributed by atoms with E-state index in [9.17, 15) is 9.90 Å². The third-order valence-corrected chi connectivity index (χ3v) is 6.28. The van der Waals surface area contributed by atoms with Gasteiger partial charge >= 0.3 is 5.97 Å². The van der Waals surface area contributed by atoms with Crippen molar-refractivity contribution in [3.05, 3.63) is 46.5 Å². The van der Waals surface area contributed by atoms with E-state index in [2.05, 4.69) is 4.98 Å². The van der Waals surface area contributed by atoms with Crippen LogP contribution in [0, 0.1) is 6.92 Å². The summed E-state index contributed by atoms with van der Waals surface area (Å²) in [6.07, 6.45) is 3.33. The maximum Gasteiger partial charge on any atom is 0.333 e. The molecular formula is C23H27NO5S. The van der Waals surface area contributed by atoms with Gasteiger partial charge in [0.05, 0.1) is 12.3 Å². The number of hydrogen-bond donors (Lipinski definition) is 1. The molecule has 1 aliphatic rings. The van der Waals surface area contributed by atoms with Crippen LogP contribution in [-0.2, 0) is 22.4 Å². The van der Waals surface area contributed by atoms with E-state index in [4.69, 9.17) is 13.9 Å². The van der Waals surface area contributed by atoms with E-state index in [0.29, 0.717) is 32.0 Å². The highest BCUT2D eigenvalue weighted by molar-refractivity contribution is 7.17. The molecule has 0 amide bonds.